The third-order valence-electron chi connectivity index (χ3n) is 3.76. The van der Waals surface area contributed by atoms with Crippen molar-refractivity contribution < 1.29 is 14.3 Å². The summed E-state index contributed by atoms with van der Waals surface area (Å²) in [6.07, 6.45) is 6.08. The van der Waals surface area contributed by atoms with Gasteiger partial charge in [0.2, 0.25) is 0 Å². The molecule has 0 aliphatic carbocycles. The van der Waals surface area contributed by atoms with Crippen molar-refractivity contribution >= 4 is 11.6 Å². The van der Waals surface area contributed by atoms with Crippen molar-refractivity contribution in [2.24, 2.45) is 0 Å². The summed E-state index contributed by atoms with van der Waals surface area (Å²) in [6.45, 7) is 8.04. The third-order valence-corrected chi connectivity index (χ3v) is 3.76. The lowest BCUT2D eigenvalue weighted by Gasteiger charge is -2.24. The molecule has 0 N–H and O–H groups in total. The first-order chi connectivity index (χ1) is 11.7. The van der Waals surface area contributed by atoms with E-state index in [1.807, 2.05) is 29.1 Å². The molecule has 0 atom stereocenters. The first-order valence-electron chi connectivity index (χ1n) is 8.06. The average molecular weight is 327 g/mol. The predicted molar refractivity (Wildman–Crippen MR) is 91.3 cm³/mol. The van der Waals surface area contributed by atoms with Crippen LogP contribution < -0.4 is 14.4 Å². The minimum absolute atomic E-state index is 0.171. The lowest BCUT2D eigenvalue weighted by molar-refractivity contribution is -0.114. The van der Waals surface area contributed by atoms with Crippen molar-refractivity contribution in [3.63, 3.8) is 0 Å². The maximum atomic E-state index is 12.3. The monoisotopic (exact) mass is 327 g/mol. The molecule has 6 heteroatoms. The molecule has 1 aliphatic heterocycles. The Bertz CT molecular complexity index is 739. The molecule has 0 unspecified atom stereocenters. The zero-order valence-electron chi connectivity index (χ0n) is 13.8. The molecule has 0 bridgehead atoms. The van der Waals surface area contributed by atoms with E-state index in [1.54, 1.807) is 11.1 Å². The first kappa shape index (κ1) is 16.1. The van der Waals surface area contributed by atoms with Gasteiger partial charge in [-0.15, -0.1) is 0 Å². The van der Waals surface area contributed by atoms with Gasteiger partial charge in [-0.05, 0) is 24.6 Å². The fraction of sp³-hybridized carbons (Fsp3) is 0.333. The Morgan fingerprint density at radius 3 is 2.92 bits per heavy atom. The molecule has 2 aromatic rings. The third kappa shape index (κ3) is 3.42. The second-order valence-corrected chi connectivity index (χ2v) is 5.57. The zero-order chi connectivity index (χ0) is 16.9. The molecular formula is C18H21N3O3. The summed E-state index contributed by atoms with van der Waals surface area (Å²) >= 11 is 0. The van der Waals surface area contributed by atoms with Crippen LogP contribution in [-0.2, 0) is 17.9 Å². The number of carbonyl (C=O) groups is 1. The lowest BCUT2D eigenvalue weighted by atomic mass is 10.2. The molecule has 2 heterocycles. The molecule has 0 spiro atoms. The van der Waals surface area contributed by atoms with Gasteiger partial charge in [-0.1, -0.05) is 13.5 Å². The molecule has 1 aromatic heterocycles. The van der Waals surface area contributed by atoms with Gasteiger partial charge in [0, 0.05) is 30.1 Å². The number of hydrogen-bond acceptors (Lipinski definition) is 4. The number of rotatable bonds is 6. The smallest absolute Gasteiger partial charge is 0.250 e. The number of fused-ring (bicyclic) bond motifs is 1. The number of aromatic nitrogens is 2. The van der Waals surface area contributed by atoms with E-state index in [4.69, 9.17) is 9.47 Å². The molecule has 6 nitrogen and oxygen atoms in total. The Balaban J connectivity index is 1.85. The topological polar surface area (TPSA) is 56.6 Å². The van der Waals surface area contributed by atoms with Crippen LogP contribution in [0.15, 0.2) is 43.2 Å². The molecular weight excluding hydrogens is 306 g/mol. The number of ether oxygens (including phenoxy) is 2. The highest BCUT2D eigenvalue weighted by Gasteiger charge is 2.18. The highest BCUT2D eigenvalue weighted by molar-refractivity contribution is 6.01. The van der Waals surface area contributed by atoms with Crippen LogP contribution in [0.25, 0.3) is 0 Å². The van der Waals surface area contributed by atoms with Gasteiger partial charge in [0.25, 0.3) is 5.91 Å². The maximum absolute atomic E-state index is 12.3. The quantitative estimate of drug-likeness (QED) is 0.766. The van der Waals surface area contributed by atoms with Gasteiger partial charge >= 0.3 is 0 Å². The van der Waals surface area contributed by atoms with Crippen molar-refractivity contribution in [2.45, 2.75) is 26.4 Å². The molecule has 0 saturated carbocycles. The fourth-order valence-electron chi connectivity index (χ4n) is 2.63. The van der Waals surface area contributed by atoms with E-state index in [9.17, 15) is 4.79 Å². The number of benzene rings is 1. The summed E-state index contributed by atoms with van der Waals surface area (Å²) in [7, 11) is 0. The highest BCUT2D eigenvalue weighted by Crippen LogP contribution is 2.34. The Morgan fingerprint density at radius 1 is 1.38 bits per heavy atom. The van der Waals surface area contributed by atoms with E-state index in [2.05, 4.69) is 18.6 Å². The molecule has 1 aliphatic rings. The summed E-state index contributed by atoms with van der Waals surface area (Å²) in [5.74, 6) is 1.18. The minimum Gasteiger partial charge on any atom is -0.486 e. The van der Waals surface area contributed by atoms with Gasteiger partial charge in [0.15, 0.2) is 11.5 Å². The fourth-order valence-corrected chi connectivity index (χ4v) is 2.63. The molecule has 3 rings (SSSR count). The van der Waals surface area contributed by atoms with Crippen molar-refractivity contribution in [2.75, 3.05) is 18.1 Å². The molecule has 0 radical (unpaired) electrons. The van der Waals surface area contributed by atoms with Crippen LogP contribution in [0.2, 0.25) is 0 Å². The van der Waals surface area contributed by atoms with Crippen LogP contribution in [0.5, 0.6) is 11.5 Å². The Hall–Kier alpha value is -2.76. The van der Waals surface area contributed by atoms with Crippen LogP contribution in [-0.4, -0.2) is 28.9 Å². The van der Waals surface area contributed by atoms with E-state index in [1.165, 1.54) is 6.08 Å². The average Bonchev–Trinajstić information content (AvgIpc) is 3.06. The van der Waals surface area contributed by atoms with Gasteiger partial charge in [0.05, 0.1) is 12.7 Å². The molecule has 0 fully saturated rings. The van der Waals surface area contributed by atoms with Crippen molar-refractivity contribution in [3.8, 4) is 11.5 Å². The Labute approximate surface area is 141 Å². The van der Waals surface area contributed by atoms with Crippen molar-refractivity contribution in [1.82, 2.24) is 9.78 Å². The zero-order valence-corrected chi connectivity index (χ0v) is 13.8. The van der Waals surface area contributed by atoms with Crippen LogP contribution in [0, 0.1) is 0 Å². The van der Waals surface area contributed by atoms with Crippen LogP contribution in [0.3, 0.4) is 0 Å². The molecule has 126 valence electrons. The van der Waals surface area contributed by atoms with Gasteiger partial charge in [-0.2, -0.15) is 5.10 Å². The highest BCUT2D eigenvalue weighted by atomic mass is 16.6. The van der Waals surface area contributed by atoms with Gasteiger partial charge in [0.1, 0.15) is 13.2 Å². The standard InChI is InChI=1S/C18H21N3O3/c1-3-7-20-12-14(11-19-20)13-21(18(22)4-2)15-5-6-16-17(10-15)24-9-8-23-16/h4-6,10-12H,2-3,7-9,13H2,1H3. The number of amides is 1. The Morgan fingerprint density at radius 2 is 2.17 bits per heavy atom. The van der Waals surface area contributed by atoms with Gasteiger partial charge in [-0.3, -0.25) is 9.48 Å². The van der Waals surface area contributed by atoms with Crippen LogP contribution in [0.1, 0.15) is 18.9 Å². The summed E-state index contributed by atoms with van der Waals surface area (Å²) in [5, 5.41) is 4.32. The first-order valence-corrected chi connectivity index (χ1v) is 8.06. The van der Waals surface area contributed by atoms with Crippen LogP contribution >= 0.6 is 0 Å². The number of anilines is 1. The molecule has 24 heavy (non-hydrogen) atoms. The number of carbonyl (C=O) groups excluding carboxylic acids is 1. The number of hydrogen-bond donors (Lipinski definition) is 0. The van der Waals surface area contributed by atoms with E-state index in [0.29, 0.717) is 31.3 Å². The summed E-state index contributed by atoms with van der Waals surface area (Å²) in [6, 6.07) is 5.51. The van der Waals surface area contributed by atoms with Gasteiger partial charge < -0.3 is 14.4 Å². The summed E-state index contributed by atoms with van der Waals surface area (Å²) in [5.41, 5.74) is 1.71. The molecule has 0 saturated heterocycles. The number of nitrogens with zero attached hydrogens (tertiary/aromatic N) is 3. The maximum Gasteiger partial charge on any atom is 0.250 e. The largest absolute Gasteiger partial charge is 0.486 e. The number of aryl methyl sites for hydroxylation is 1. The second kappa shape index (κ2) is 7.21. The Kier molecular flexibility index (Phi) is 4.84. The van der Waals surface area contributed by atoms with E-state index < -0.39 is 0 Å². The molecule has 1 aromatic carbocycles. The summed E-state index contributed by atoms with van der Waals surface area (Å²) in [4.78, 5) is 14.0. The van der Waals surface area contributed by atoms with Crippen molar-refractivity contribution in [3.05, 3.63) is 48.8 Å². The van der Waals surface area contributed by atoms with E-state index >= 15 is 0 Å². The summed E-state index contributed by atoms with van der Waals surface area (Å²) < 4.78 is 13.0. The minimum atomic E-state index is -0.171. The lowest BCUT2D eigenvalue weighted by Crippen LogP contribution is -2.28. The molecule has 1 amide bonds. The predicted octanol–water partition coefficient (Wildman–Crippen LogP) is 2.78. The van der Waals surface area contributed by atoms with Crippen molar-refractivity contribution in [1.29, 1.82) is 0 Å². The van der Waals surface area contributed by atoms with E-state index in [-0.39, 0.29) is 5.91 Å². The second-order valence-electron chi connectivity index (χ2n) is 5.57. The SMILES string of the molecule is C=CC(=O)N(Cc1cnn(CCC)c1)c1ccc2c(c1)OCCO2. The normalized spacial score (nSPS) is 12.7. The van der Waals surface area contributed by atoms with Crippen LogP contribution in [0.4, 0.5) is 5.69 Å². The van der Waals surface area contributed by atoms with Gasteiger partial charge in [-0.25, -0.2) is 0 Å². The van der Waals surface area contributed by atoms with E-state index in [0.717, 1.165) is 24.2 Å².